The predicted octanol–water partition coefficient (Wildman–Crippen LogP) is -0.199. The Balaban J connectivity index is 3.37. The van der Waals surface area contributed by atoms with Gasteiger partial charge in [-0.1, -0.05) is 6.58 Å². The first-order valence-corrected chi connectivity index (χ1v) is 3.82. The molecule has 0 aliphatic carbocycles. The maximum absolute atomic E-state index is 4.17. The third-order valence-corrected chi connectivity index (χ3v) is 1.58. The van der Waals surface area contributed by atoms with Crippen LogP contribution >= 0.6 is 0 Å². The van der Waals surface area contributed by atoms with Gasteiger partial charge in [0.2, 0.25) is 0 Å². The summed E-state index contributed by atoms with van der Waals surface area (Å²) < 4.78 is 0. The number of aromatic amines is 1. The molecule has 0 spiro atoms. The van der Waals surface area contributed by atoms with E-state index < -0.39 is 0 Å². The third-order valence-electron chi connectivity index (χ3n) is 1.58. The molecule has 0 bridgehead atoms. The van der Waals surface area contributed by atoms with E-state index in [1.165, 1.54) is 0 Å². The van der Waals surface area contributed by atoms with Gasteiger partial charge in [-0.05, 0) is 13.0 Å². The minimum atomic E-state index is 0.837. The Morgan fingerprint density at radius 3 is 2.92 bits per heavy atom. The normalized spacial score (nSPS) is 13.5. The van der Waals surface area contributed by atoms with Crippen molar-refractivity contribution in [2.24, 2.45) is 4.99 Å². The highest BCUT2D eigenvalue weighted by Gasteiger charge is 1.91. The van der Waals surface area contributed by atoms with E-state index in [2.05, 4.69) is 21.9 Å². The molecular weight excluding hydrogens is 150 g/mol. The highest BCUT2D eigenvalue weighted by Crippen LogP contribution is 1.83. The number of H-pyrrole nitrogens is 1. The van der Waals surface area contributed by atoms with E-state index >= 15 is 0 Å². The molecule has 0 aliphatic rings. The zero-order valence-corrected chi connectivity index (χ0v) is 7.39. The van der Waals surface area contributed by atoms with Gasteiger partial charge in [-0.25, -0.2) is 4.99 Å². The van der Waals surface area contributed by atoms with Crippen LogP contribution in [0.1, 0.15) is 6.92 Å². The van der Waals surface area contributed by atoms with Crippen LogP contribution in [-0.2, 0) is 0 Å². The Morgan fingerprint density at radius 1 is 1.75 bits per heavy atom. The second kappa shape index (κ2) is 3.76. The molecule has 64 valence electrons. The van der Waals surface area contributed by atoms with Crippen LogP contribution in [0.5, 0.6) is 0 Å². The Bertz CT molecular complexity index is 373. The van der Waals surface area contributed by atoms with E-state index in [-0.39, 0.29) is 0 Å². The molecule has 12 heavy (non-hydrogen) atoms. The molecule has 1 aromatic rings. The molecule has 0 amide bonds. The Labute approximate surface area is 71.5 Å². The van der Waals surface area contributed by atoms with Crippen LogP contribution in [0, 0.1) is 0 Å². The Hall–Kier alpha value is -1.51. The Morgan fingerprint density at radius 2 is 2.50 bits per heavy atom. The van der Waals surface area contributed by atoms with Gasteiger partial charge in [0.1, 0.15) is 5.82 Å². The van der Waals surface area contributed by atoms with Crippen molar-refractivity contribution < 1.29 is 0 Å². The van der Waals surface area contributed by atoms with E-state index in [0.29, 0.717) is 0 Å². The summed E-state index contributed by atoms with van der Waals surface area (Å²) in [5.74, 6) is 0.837. The molecule has 1 heterocycles. The summed E-state index contributed by atoms with van der Waals surface area (Å²) in [4.78, 5) is 7.16. The summed E-state index contributed by atoms with van der Waals surface area (Å²) in [6.45, 7) is 5.72. The van der Waals surface area contributed by atoms with Gasteiger partial charge >= 0.3 is 0 Å². The summed E-state index contributed by atoms with van der Waals surface area (Å²) >= 11 is 0. The molecule has 0 aliphatic heterocycles. The number of nitrogens with zero attached hydrogens (tertiary/aromatic N) is 1. The van der Waals surface area contributed by atoms with Crippen LogP contribution in [-0.4, -0.2) is 18.2 Å². The third kappa shape index (κ3) is 1.56. The fraction of sp³-hybridized carbons (Fsp3) is 0.222. The van der Waals surface area contributed by atoms with Crippen LogP contribution in [0.2, 0.25) is 0 Å². The van der Waals surface area contributed by atoms with E-state index in [4.69, 9.17) is 0 Å². The number of nitrogens with one attached hydrogen (secondary N) is 2. The first-order chi connectivity index (χ1) is 5.79. The van der Waals surface area contributed by atoms with Gasteiger partial charge in [-0.3, -0.25) is 0 Å². The van der Waals surface area contributed by atoms with Crippen molar-refractivity contribution in [3.05, 3.63) is 22.8 Å². The number of rotatable bonds is 2. The molecular formula is C9H13N3. The summed E-state index contributed by atoms with van der Waals surface area (Å²) in [5.41, 5.74) is 0. The number of hydrogen-bond donors (Lipinski definition) is 2. The topological polar surface area (TPSA) is 40.2 Å². The van der Waals surface area contributed by atoms with E-state index in [9.17, 15) is 0 Å². The summed E-state index contributed by atoms with van der Waals surface area (Å²) in [7, 11) is 1.84. The van der Waals surface area contributed by atoms with Crippen molar-refractivity contribution >= 4 is 18.6 Å². The van der Waals surface area contributed by atoms with Crippen molar-refractivity contribution in [2.75, 3.05) is 7.05 Å². The van der Waals surface area contributed by atoms with Crippen LogP contribution in [0.3, 0.4) is 0 Å². The molecule has 0 saturated carbocycles. The van der Waals surface area contributed by atoms with Gasteiger partial charge in [0.05, 0.1) is 0 Å². The van der Waals surface area contributed by atoms with Crippen molar-refractivity contribution in [1.82, 2.24) is 10.3 Å². The molecule has 3 nitrogen and oxygen atoms in total. The SMILES string of the molecule is C=c1[nH]cc/c1=C(/N=C\C)NC. The van der Waals surface area contributed by atoms with Crippen LogP contribution in [0.4, 0.5) is 0 Å². The van der Waals surface area contributed by atoms with Crippen molar-refractivity contribution in [1.29, 1.82) is 0 Å². The molecule has 0 radical (unpaired) electrons. The van der Waals surface area contributed by atoms with Gasteiger partial charge < -0.3 is 10.3 Å². The second-order valence-corrected chi connectivity index (χ2v) is 2.36. The van der Waals surface area contributed by atoms with Gasteiger partial charge in [0.15, 0.2) is 0 Å². The molecule has 0 saturated heterocycles. The fourth-order valence-corrected chi connectivity index (χ4v) is 1.02. The standard InChI is InChI=1S/C9H13N3/c1-4-11-9(10-3)8-5-6-12-7(8)2/h4-6,10,12H,2H2,1,3H3/b9-8-,11-4-. The second-order valence-electron chi connectivity index (χ2n) is 2.36. The van der Waals surface area contributed by atoms with Crippen molar-refractivity contribution in [3.8, 4) is 0 Å². The largest absolute Gasteiger partial charge is 0.373 e. The molecule has 0 fully saturated rings. The minimum absolute atomic E-state index is 0.837. The molecule has 2 N–H and O–H groups in total. The first kappa shape index (κ1) is 8.59. The minimum Gasteiger partial charge on any atom is -0.373 e. The molecule has 0 aromatic carbocycles. The molecule has 1 rings (SSSR count). The smallest absolute Gasteiger partial charge is 0.134 e. The first-order valence-electron chi connectivity index (χ1n) is 3.82. The van der Waals surface area contributed by atoms with Gasteiger partial charge in [0.25, 0.3) is 0 Å². The molecule has 1 aromatic heterocycles. The van der Waals surface area contributed by atoms with Gasteiger partial charge in [-0.2, -0.15) is 0 Å². The van der Waals surface area contributed by atoms with Gasteiger partial charge in [-0.15, -0.1) is 0 Å². The zero-order valence-electron chi connectivity index (χ0n) is 7.39. The zero-order chi connectivity index (χ0) is 8.97. The average molecular weight is 163 g/mol. The Kier molecular flexibility index (Phi) is 2.69. The number of hydrogen-bond acceptors (Lipinski definition) is 2. The lowest BCUT2D eigenvalue weighted by Crippen LogP contribution is -2.27. The summed E-state index contributed by atoms with van der Waals surface area (Å²) in [6, 6.07) is 1.95. The lowest BCUT2D eigenvalue weighted by Gasteiger charge is -1.96. The maximum Gasteiger partial charge on any atom is 0.134 e. The van der Waals surface area contributed by atoms with Crippen molar-refractivity contribution in [2.45, 2.75) is 6.92 Å². The van der Waals surface area contributed by atoms with E-state index in [0.717, 1.165) is 16.4 Å². The van der Waals surface area contributed by atoms with E-state index in [1.54, 1.807) is 6.21 Å². The van der Waals surface area contributed by atoms with Crippen LogP contribution in [0.25, 0.3) is 12.4 Å². The number of aromatic nitrogens is 1. The predicted molar refractivity (Wildman–Crippen MR) is 52.2 cm³/mol. The summed E-state index contributed by atoms with van der Waals surface area (Å²) in [6.07, 6.45) is 3.60. The lowest BCUT2D eigenvalue weighted by molar-refractivity contribution is 1.08. The maximum atomic E-state index is 4.17. The van der Waals surface area contributed by atoms with Crippen LogP contribution < -0.4 is 15.9 Å². The quantitative estimate of drug-likeness (QED) is 0.582. The van der Waals surface area contributed by atoms with Crippen molar-refractivity contribution in [3.63, 3.8) is 0 Å². The highest BCUT2D eigenvalue weighted by molar-refractivity contribution is 5.62. The fourth-order valence-electron chi connectivity index (χ4n) is 1.02. The average Bonchev–Trinajstić information content (AvgIpc) is 2.47. The van der Waals surface area contributed by atoms with Gasteiger partial charge in [0, 0.05) is 30.0 Å². The molecule has 0 atom stereocenters. The molecule has 0 unspecified atom stereocenters. The summed E-state index contributed by atoms with van der Waals surface area (Å²) in [5, 5.41) is 4.89. The lowest BCUT2D eigenvalue weighted by atomic mass is 10.4. The molecule has 3 heteroatoms. The highest BCUT2D eigenvalue weighted by atomic mass is 15.0. The number of aliphatic imine (C=N–C) groups is 1. The monoisotopic (exact) mass is 163 g/mol. The van der Waals surface area contributed by atoms with Crippen LogP contribution in [0.15, 0.2) is 17.3 Å². The van der Waals surface area contributed by atoms with E-state index in [1.807, 2.05) is 26.2 Å².